The second-order valence-electron chi connectivity index (χ2n) is 6.62. The molecule has 2 N–H and O–H groups in total. The van der Waals surface area contributed by atoms with E-state index in [0.29, 0.717) is 35.4 Å². The van der Waals surface area contributed by atoms with Crippen molar-refractivity contribution >= 4 is 34.2 Å². The van der Waals surface area contributed by atoms with Crippen LogP contribution in [0.3, 0.4) is 0 Å². The van der Waals surface area contributed by atoms with E-state index in [-0.39, 0.29) is 11.7 Å². The first kappa shape index (κ1) is 17.3. The van der Waals surface area contributed by atoms with Crippen LogP contribution in [0, 0.1) is 6.92 Å². The van der Waals surface area contributed by atoms with E-state index in [9.17, 15) is 9.59 Å². The lowest BCUT2D eigenvalue weighted by atomic mass is 10.2. The Kier molecular flexibility index (Phi) is 4.64. The zero-order valence-electron chi connectivity index (χ0n) is 15.0. The minimum Gasteiger partial charge on any atom is -0.449 e. The lowest BCUT2D eigenvalue weighted by Crippen LogP contribution is -2.27. The molecule has 6 nitrogen and oxygen atoms in total. The Morgan fingerprint density at radius 1 is 1.07 bits per heavy atom. The normalized spacial score (nSPS) is 16.4. The maximum atomic E-state index is 12.8. The fourth-order valence-corrected chi connectivity index (χ4v) is 3.23. The number of amides is 2. The Labute approximate surface area is 156 Å². The molecular weight excluding hydrogens is 344 g/mol. The number of para-hydroxylation sites is 1. The Balaban J connectivity index is 1.66. The van der Waals surface area contributed by atoms with Gasteiger partial charge in [0.2, 0.25) is 5.76 Å². The predicted octanol–water partition coefficient (Wildman–Crippen LogP) is 4.11. The van der Waals surface area contributed by atoms with E-state index in [0.717, 1.165) is 12.0 Å². The quantitative estimate of drug-likeness (QED) is 0.730. The van der Waals surface area contributed by atoms with Crippen LogP contribution >= 0.6 is 0 Å². The largest absolute Gasteiger partial charge is 0.449 e. The SMILES string of the molecule is Cc1cccc(NC(=O)c2oc3ccccc3c2NC(=O)[C@H]2CCCO2)c1. The van der Waals surface area contributed by atoms with Gasteiger partial charge >= 0.3 is 0 Å². The fourth-order valence-electron chi connectivity index (χ4n) is 3.23. The van der Waals surface area contributed by atoms with Gasteiger partial charge in [-0.3, -0.25) is 9.59 Å². The van der Waals surface area contributed by atoms with E-state index < -0.39 is 12.0 Å². The third-order valence-corrected chi connectivity index (χ3v) is 4.55. The number of aryl methyl sites for hydroxylation is 1. The second kappa shape index (κ2) is 7.25. The number of hydrogen-bond donors (Lipinski definition) is 2. The Hall–Kier alpha value is -3.12. The molecule has 0 aliphatic carbocycles. The molecule has 2 heterocycles. The third kappa shape index (κ3) is 3.57. The number of carbonyl (C=O) groups is 2. The number of furan rings is 1. The van der Waals surface area contributed by atoms with Gasteiger partial charge in [-0.1, -0.05) is 24.3 Å². The molecule has 1 saturated heterocycles. The number of nitrogens with one attached hydrogen (secondary N) is 2. The van der Waals surface area contributed by atoms with Crippen LogP contribution in [0.25, 0.3) is 11.0 Å². The van der Waals surface area contributed by atoms with Crippen LogP contribution < -0.4 is 10.6 Å². The van der Waals surface area contributed by atoms with E-state index in [1.807, 2.05) is 43.3 Å². The summed E-state index contributed by atoms with van der Waals surface area (Å²) in [6.45, 7) is 2.52. The molecular formula is C21H20N2O4. The van der Waals surface area contributed by atoms with Crippen LogP contribution in [-0.2, 0) is 9.53 Å². The summed E-state index contributed by atoms with van der Waals surface area (Å²) in [5.41, 5.74) is 2.60. The van der Waals surface area contributed by atoms with E-state index in [1.54, 1.807) is 12.1 Å². The summed E-state index contributed by atoms with van der Waals surface area (Å²) in [5, 5.41) is 6.34. The van der Waals surface area contributed by atoms with Gasteiger partial charge < -0.3 is 19.8 Å². The zero-order chi connectivity index (χ0) is 18.8. The van der Waals surface area contributed by atoms with Gasteiger partial charge in [-0.2, -0.15) is 0 Å². The summed E-state index contributed by atoms with van der Waals surface area (Å²) in [5.74, 6) is -0.604. The van der Waals surface area contributed by atoms with Crippen LogP contribution in [0.4, 0.5) is 11.4 Å². The van der Waals surface area contributed by atoms with Gasteiger partial charge in [-0.15, -0.1) is 0 Å². The first-order valence-electron chi connectivity index (χ1n) is 8.94. The van der Waals surface area contributed by atoms with Crippen LogP contribution in [-0.4, -0.2) is 24.5 Å². The molecule has 2 amide bonds. The number of fused-ring (bicyclic) bond motifs is 1. The average Bonchev–Trinajstić information content (AvgIpc) is 3.30. The van der Waals surface area contributed by atoms with Crippen molar-refractivity contribution in [2.45, 2.75) is 25.9 Å². The minimum atomic E-state index is -0.494. The molecule has 27 heavy (non-hydrogen) atoms. The first-order valence-corrected chi connectivity index (χ1v) is 8.94. The second-order valence-corrected chi connectivity index (χ2v) is 6.62. The van der Waals surface area contributed by atoms with E-state index in [1.165, 1.54) is 0 Å². The number of ether oxygens (including phenoxy) is 1. The molecule has 3 aromatic rings. The predicted molar refractivity (Wildman–Crippen MR) is 103 cm³/mol. The molecule has 4 rings (SSSR count). The van der Waals surface area contributed by atoms with Crippen LogP contribution in [0.2, 0.25) is 0 Å². The van der Waals surface area contributed by atoms with Gasteiger partial charge in [-0.05, 0) is 49.6 Å². The summed E-state index contributed by atoms with van der Waals surface area (Å²) < 4.78 is 11.2. The summed E-state index contributed by atoms with van der Waals surface area (Å²) in [6.07, 6.45) is 1.03. The highest BCUT2D eigenvalue weighted by molar-refractivity contribution is 6.15. The van der Waals surface area contributed by atoms with Crippen molar-refractivity contribution in [3.8, 4) is 0 Å². The molecule has 1 aliphatic rings. The molecule has 0 spiro atoms. The molecule has 0 saturated carbocycles. The van der Waals surface area contributed by atoms with Crippen LogP contribution in [0.1, 0.15) is 29.0 Å². The molecule has 0 radical (unpaired) electrons. The standard InChI is InChI=1S/C21H20N2O4/c1-13-6-4-7-14(12-13)22-21(25)19-18(15-8-2-3-9-16(15)27-19)23-20(24)17-10-5-11-26-17/h2-4,6-9,12,17H,5,10-11H2,1H3,(H,22,25)(H,23,24)/t17-/m1/s1. The van der Waals surface area contributed by atoms with Crippen molar-refractivity contribution in [1.82, 2.24) is 0 Å². The van der Waals surface area contributed by atoms with Crippen LogP contribution in [0.5, 0.6) is 0 Å². The van der Waals surface area contributed by atoms with Crippen molar-refractivity contribution in [1.29, 1.82) is 0 Å². The highest BCUT2D eigenvalue weighted by atomic mass is 16.5. The Morgan fingerprint density at radius 3 is 2.70 bits per heavy atom. The first-order chi connectivity index (χ1) is 13.1. The highest BCUT2D eigenvalue weighted by Gasteiger charge is 2.28. The molecule has 1 aromatic heterocycles. The average molecular weight is 364 g/mol. The molecule has 1 atom stereocenters. The number of benzene rings is 2. The zero-order valence-corrected chi connectivity index (χ0v) is 15.0. The molecule has 1 fully saturated rings. The lowest BCUT2D eigenvalue weighted by Gasteiger charge is -2.11. The maximum absolute atomic E-state index is 12.8. The minimum absolute atomic E-state index is 0.0732. The topological polar surface area (TPSA) is 80.6 Å². The number of carbonyl (C=O) groups excluding carboxylic acids is 2. The van der Waals surface area contributed by atoms with Crippen molar-refractivity contribution < 1.29 is 18.7 Å². The Morgan fingerprint density at radius 2 is 1.93 bits per heavy atom. The van der Waals surface area contributed by atoms with Crippen LogP contribution in [0.15, 0.2) is 52.9 Å². The van der Waals surface area contributed by atoms with Gasteiger partial charge in [0, 0.05) is 17.7 Å². The van der Waals surface area contributed by atoms with Crippen molar-refractivity contribution in [2.24, 2.45) is 0 Å². The van der Waals surface area contributed by atoms with Crippen molar-refractivity contribution in [2.75, 3.05) is 17.2 Å². The summed E-state index contributed by atoms with van der Waals surface area (Å²) in [7, 11) is 0. The molecule has 138 valence electrons. The van der Waals surface area contributed by atoms with Gasteiger partial charge in [0.25, 0.3) is 11.8 Å². The van der Waals surface area contributed by atoms with Crippen molar-refractivity contribution in [3.05, 3.63) is 59.9 Å². The van der Waals surface area contributed by atoms with Gasteiger partial charge in [-0.25, -0.2) is 0 Å². The lowest BCUT2D eigenvalue weighted by molar-refractivity contribution is -0.124. The summed E-state index contributed by atoms with van der Waals surface area (Å²) >= 11 is 0. The maximum Gasteiger partial charge on any atom is 0.293 e. The molecule has 1 aliphatic heterocycles. The van der Waals surface area contributed by atoms with E-state index in [4.69, 9.17) is 9.15 Å². The monoisotopic (exact) mass is 364 g/mol. The molecule has 6 heteroatoms. The van der Waals surface area contributed by atoms with E-state index in [2.05, 4.69) is 10.6 Å². The number of rotatable bonds is 4. The molecule has 0 bridgehead atoms. The molecule has 2 aromatic carbocycles. The highest BCUT2D eigenvalue weighted by Crippen LogP contribution is 2.32. The third-order valence-electron chi connectivity index (χ3n) is 4.55. The van der Waals surface area contributed by atoms with Gasteiger partial charge in [0.05, 0.1) is 0 Å². The fraction of sp³-hybridized carbons (Fsp3) is 0.238. The van der Waals surface area contributed by atoms with Gasteiger partial charge in [0.15, 0.2) is 0 Å². The smallest absolute Gasteiger partial charge is 0.293 e. The molecule has 0 unspecified atom stereocenters. The summed E-state index contributed by atoms with van der Waals surface area (Å²) in [4.78, 5) is 25.4. The van der Waals surface area contributed by atoms with E-state index >= 15 is 0 Å². The Bertz CT molecular complexity index is 1000. The summed E-state index contributed by atoms with van der Waals surface area (Å²) in [6, 6.07) is 14.7. The number of hydrogen-bond acceptors (Lipinski definition) is 4. The van der Waals surface area contributed by atoms with Gasteiger partial charge in [0.1, 0.15) is 17.4 Å². The van der Waals surface area contributed by atoms with Crippen molar-refractivity contribution in [3.63, 3.8) is 0 Å². The number of anilines is 2.